The summed E-state index contributed by atoms with van der Waals surface area (Å²) < 4.78 is 21.9. The predicted molar refractivity (Wildman–Crippen MR) is 128 cm³/mol. The zero-order valence-electron chi connectivity index (χ0n) is 19.8. The third-order valence-corrected chi connectivity index (χ3v) is 8.67. The number of rotatable bonds is 14. The Balaban J connectivity index is 2.11. The van der Waals surface area contributed by atoms with Gasteiger partial charge in [0.25, 0.3) is 0 Å². The molecule has 7 heteroatoms. The lowest BCUT2D eigenvalue weighted by atomic mass is 9.99. The van der Waals surface area contributed by atoms with Gasteiger partial charge in [-0.3, -0.25) is 4.79 Å². The number of Topliss-reactive ketones (excluding diaryl/α,β-unsaturated/α-hetero) is 1. The van der Waals surface area contributed by atoms with E-state index in [0.29, 0.717) is 40.7 Å². The number of ketones is 1. The van der Waals surface area contributed by atoms with Gasteiger partial charge in [-0.25, -0.2) is 0 Å². The largest absolute Gasteiger partial charge is 0.493 e. The van der Waals surface area contributed by atoms with Crippen LogP contribution < -0.4 is 18.9 Å². The maximum Gasteiger partial charge on any atom is 0.195 e. The van der Waals surface area contributed by atoms with E-state index in [-0.39, 0.29) is 8.80 Å². The first-order valence-corrected chi connectivity index (χ1v) is 13.2. The summed E-state index contributed by atoms with van der Waals surface area (Å²) in [5.41, 5.74) is 0.770. The SMILES string of the molecule is CCC[Si](CCC)CCOc1ccc(C(=O)C(O)c2ccc(OC)c(OC)c2)cc1OC. The molecule has 2 rings (SSSR count). The fourth-order valence-electron chi connectivity index (χ4n) is 3.66. The highest BCUT2D eigenvalue weighted by Gasteiger charge is 2.22. The lowest BCUT2D eigenvalue weighted by molar-refractivity contribution is 0.0746. The van der Waals surface area contributed by atoms with Gasteiger partial charge in [0.05, 0.1) is 36.7 Å². The van der Waals surface area contributed by atoms with Gasteiger partial charge in [-0.1, -0.05) is 44.8 Å². The molecule has 2 aromatic rings. The second-order valence-electron chi connectivity index (χ2n) is 7.60. The smallest absolute Gasteiger partial charge is 0.195 e. The summed E-state index contributed by atoms with van der Waals surface area (Å²) in [5, 5.41) is 10.6. The summed E-state index contributed by atoms with van der Waals surface area (Å²) in [6.07, 6.45) is 1.10. The van der Waals surface area contributed by atoms with Gasteiger partial charge < -0.3 is 24.1 Å². The first kappa shape index (κ1) is 25.7. The van der Waals surface area contributed by atoms with Gasteiger partial charge in [0, 0.05) is 5.56 Å². The van der Waals surface area contributed by atoms with Crippen LogP contribution in [0.4, 0.5) is 0 Å². The number of carbonyl (C=O) groups excluding carboxylic acids is 1. The topological polar surface area (TPSA) is 74.2 Å². The number of hydrogen-bond donors (Lipinski definition) is 1. The van der Waals surface area contributed by atoms with Crippen LogP contribution in [0.2, 0.25) is 18.1 Å². The molecule has 32 heavy (non-hydrogen) atoms. The molecular weight excluding hydrogens is 424 g/mol. The molecule has 1 atom stereocenters. The molecule has 0 spiro atoms. The Kier molecular flexibility index (Phi) is 10.6. The Morgan fingerprint density at radius 2 is 1.44 bits per heavy atom. The molecule has 0 saturated carbocycles. The highest BCUT2D eigenvalue weighted by molar-refractivity contribution is 6.58. The van der Waals surface area contributed by atoms with Crippen LogP contribution in [0.3, 0.4) is 0 Å². The summed E-state index contributed by atoms with van der Waals surface area (Å²) in [4.78, 5) is 12.9. The van der Waals surface area contributed by atoms with Gasteiger partial charge >= 0.3 is 0 Å². The third-order valence-electron chi connectivity index (χ3n) is 5.34. The Morgan fingerprint density at radius 3 is 2.03 bits per heavy atom. The zero-order valence-corrected chi connectivity index (χ0v) is 20.8. The molecule has 6 nitrogen and oxygen atoms in total. The Hall–Kier alpha value is -2.51. The van der Waals surface area contributed by atoms with Crippen LogP contribution in [0, 0.1) is 0 Å². The van der Waals surface area contributed by atoms with Crippen molar-refractivity contribution in [3.8, 4) is 23.0 Å². The van der Waals surface area contributed by atoms with Crippen LogP contribution in [0.25, 0.3) is 0 Å². The molecule has 1 unspecified atom stereocenters. The molecule has 0 fully saturated rings. The van der Waals surface area contributed by atoms with Crippen molar-refractivity contribution in [2.75, 3.05) is 27.9 Å². The minimum Gasteiger partial charge on any atom is -0.493 e. The Labute approximate surface area is 193 Å². The van der Waals surface area contributed by atoms with E-state index >= 15 is 0 Å². The average Bonchev–Trinajstić information content (AvgIpc) is 2.82. The Bertz CT molecular complexity index is 864. The predicted octanol–water partition coefficient (Wildman–Crippen LogP) is 5.32. The maximum atomic E-state index is 12.9. The monoisotopic (exact) mass is 459 g/mol. The summed E-state index contributed by atoms with van der Waals surface area (Å²) in [7, 11) is 4.21. The summed E-state index contributed by atoms with van der Waals surface area (Å²) in [5.74, 6) is 1.64. The fraction of sp³-hybridized carbons (Fsp3) is 0.480. The molecule has 0 heterocycles. The van der Waals surface area contributed by atoms with Crippen molar-refractivity contribution in [3.63, 3.8) is 0 Å². The first-order valence-electron chi connectivity index (χ1n) is 11.1. The molecule has 1 radical (unpaired) electrons. The van der Waals surface area contributed by atoms with Crippen molar-refractivity contribution in [2.24, 2.45) is 0 Å². The van der Waals surface area contributed by atoms with Crippen molar-refractivity contribution < 1.29 is 28.8 Å². The molecule has 0 aliphatic carbocycles. The standard InChI is InChI=1S/C25H35O6Si/c1-6-13-32(14-7-2)15-12-31-21-11-9-19(17-23(21)30-5)25(27)24(26)18-8-10-20(28-3)22(16-18)29-4/h8-11,16-17,24,26H,6-7,12-15H2,1-5H3. The van der Waals surface area contributed by atoms with E-state index in [9.17, 15) is 9.90 Å². The van der Waals surface area contributed by atoms with Gasteiger partial charge in [0.15, 0.2) is 28.8 Å². The van der Waals surface area contributed by atoms with Crippen molar-refractivity contribution in [3.05, 3.63) is 47.5 Å². The first-order chi connectivity index (χ1) is 15.5. The highest BCUT2D eigenvalue weighted by Crippen LogP contribution is 2.33. The van der Waals surface area contributed by atoms with E-state index in [2.05, 4.69) is 13.8 Å². The number of carbonyl (C=O) groups is 1. The van der Waals surface area contributed by atoms with E-state index in [4.69, 9.17) is 18.9 Å². The van der Waals surface area contributed by atoms with Crippen LogP contribution in [-0.2, 0) is 0 Å². The van der Waals surface area contributed by atoms with E-state index in [0.717, 1.165) is 6.04 Å². The zero-order chi connectivity index (χ0) is 23.5. The molecule has 0 aliphatic heterocycles. The maximum absolute atomic E-state index is 12.9. The van der Waals surface area contributed by atoms with Crippen molar-refractivity contribution >= 4 is 14.6 Å². The van der Waals surface area contributed by atoms with Crippen LogP contribution in [0.1, 0.15) is 48.7 Å². The van der Waals surface area contributed by atoms with E-state index < -0.39 is 11.9 Å². The lowest BCUT2D eigenvalue weighted by Gasteiger charge is -2.17. The fourth-order valence-corrected chi connectivity index (χ4v) is 6.21. The summed E-state index contributed by atoms with van der Waals surface area (Å²) >= 11 is 0. The van der Waals surface area contributed by atoms with Crippen molar-refractivity contribution in [1.29, 1.82) is 0 Å². The van der Waals surface area contributed by atoms with Gasteiger partial charge in [0.2, 0.25) is 0 Å². The molecule has 0 saturated heterocycles. The van der Waals surface area contributed by atoms with Crippen LogP contribution >= 0.6 is 0 Å². The molecule has 0 aliphatic rings. The Morgan fingerprint density at radius 1 is 0.844 bits per heavy atom. The normalized spacial score (nSPS) is 11.8. The number of ether oxygens (including phenoxy) is 4. The molecule has 175 valence electrons. The molecule has 1 N–H and O–H groups in total. The highest BCUT2D eigenvalue weighted by atomic mass is 28.3. The van der Waals surface area contributed by atoms with Gasteiger partial charge in [-0.2, -0.15) is 0 Å². The third kappa shape index (κ3) is 6.74. The van der Waals surface area contributed by atoms with Gasteiger partial charge in [-0.05, 0) is 41.9 Å². The molecule has 0 aromatic heterocycles. The quantitative estimate of drug-likeness (QED) is 0.304. The second kappa shape index (κ2) is 13.1. The van der Waals surface area contributed by atoms with Crippen molar-refractivity contribution in [1.82, 2.24) is 0 Å². The van der Waals surface area contributed by atoms with E-state index in [1.807, 2.05) is 0 Å². The number of benzene rings is 2. The number of hydrogen-bond acceptors (Lipinski definition) is 6. The lowest BCUT2D eigenvalue weighted by Crippen LogP contribution is -2.16. The van der Waals surface area contributed by atoms with Gasteiger partial charge in [-0.15, -0.1) is 0 Å². The number of aliphatic hydroxyl groups excluding tert-OH is 1. The number of aliphatic hydroxyl groups is 1. The molecule has 0 amide bonds. The second-order valence-corrected chi connectivity index (χ2v) is 10.6. The number of methoxy groups -OCH3 is 3. The van der Waals surface area contributed by atoms with E-state index in [1.54, 1.807) is 43.5 Å². The van der Waals surface area contributed by atoms with Gasteiger partial charge in [0.1, 0.15) is 6.10 Å². The molecular formula is C25H35O6Si. The van der Waals surface area contributed by atoms with Crippen LogP contribution in [0.15, 0.2) is 36.4 Å². The molecule has 2 aromatic carbocycles. The summed E-state index contributed by atoms with van der Waals surface area (Å²) in [6.45, 7) is 5.11. The van der Waals surface area contributed by atoms with Crippen molar-refractivity contribution in [2.45, 2.75) is 50.9 Å². The van der Waals surface area contributed by atoms with Crippen LogP contribution in [0.5, 0.6) is 23.0 Å². The minimum atomic E-state index is -1.33. The minimum absolute atomic E-state index is 0.346. The summed E-state index contributed by atoms with van der Waals surface area (Å²) in [6, 6.07) is 13.6. The molecule has 0 bridgehead atoms. The van der Waals surface area contributed by atoms with E-state index in [1.165, 1.54) is 39.1 Å². The average molecular weight is 460 g/mol. The van der Waals surface area contributed by atoms with Crippen LogP contribution in [-0.4, -0.2) is 47.6 Å².